The molecule has 0 radical (unpaired) electrons. The van der Waals surface area contributed by atoms with Crippen molar-refractivity contribution in [3.63, 3.8) is 0 Å². The van der Waals surface area contributed by atoms with Crippen LogP contribution < -0.4 is 5.32 Å². The number of nitrogens with one attached hydrogen (secondary N) is 1. The molecule has 2 aromatic rings. The van der Waals surface area contributed by atoms with Gasteiger partial charge in [-0.3, -0.25) is 14.4 Å². The van der Waals surface area contributed by atoms with E-state index in [-0.39, 0.29) is 5.91 Å². The van der Waals surface area contributed by atoms with E-state index in [1.807, 2.05) is 28.9 Å². The van der Waals surface area contributed by atoms with Crippen molar-refractivity contribution in [2.45, 2.75) is 31.8 Å². The molecule has 0 spiro atoms. The van der Waals surface area contributed by atoms with Crippen molar-refractivity contribution < 1.29 is 4.79 Å². The molecule has 150 valence electrons. The molecular formula is C22H31N5O. The molecule has 2 aliphatic heterocycles. The molecule has 1 N–H and O–H groups in total. The van der Waals surface area contributed by atoms with Crippen molar-refractivity contribution >= 4 is 5.91 Å². The van der Waals surface area contributed by atoms with E-state index < -0.39 is 0 Å². The Morgan fingerprint density at radius 1 is 1.25 bits per heavy atom. The van der Waals surface area contributed by atoms with Crippen molar-refractivity contribution in [1.82, 2.24) is 24.9 Å². The summed E-state index contributed by atoms with van der Waals surface area (Å²) in [5.41, 5.74) is 1.92. The highest BCUT2D eigenvalue weighted by molar-refractivity contribution is 5.92. The fourth-order valence-corrected chi connectivity index (χ4v) is 4.43. The summed E-state index contributed by atoms with van der Waals surface area (Å²) in [5, 5.41) is 7.98. The van der Waals surface area contributed by atoms with E-state index in [2.05, 4.69) is 45.6 Å². The molecule has 6 heteroatoms. The Bertz CT molecular complexity index is 768. The van der Waals surface area contributed by atoms with Gasteiger partial charge in [0.05, 0.1) is 6.04 Å². The number of carbonyl (C=O) groups is 1. The summed E-state index contributed by atoms with van der Waals surface area (Å²) in [6.07, 6.45) is 5.38. The Labute approximate surface area is 167 Å². The molecule has 2 saturated heterocycles. The van der Waals surface area contributed by atoms with Gasteiger partial charge in [0.2, 0.25) is 0 Å². The van der Waals surface area contributed by atoms with Gasteiger partial charge in [0.25, 0.3) is 5.91 Å². The molecular weight excluding hydrogens is 350 g/mol. The van der Waals surface area contributed by atoms with Crippen molar-refractivity contribution in [3.8, 4) is 0 Å². The monoisotopic (exact) mass is 381 g/mol. The van der Waals surface area contributed by atoms with E-state index in [0.717, 1.165) is 58.5 Å². The second kappa shape index (κ2) is 8.88. The topological polar surface area (TPSA) is 53.4 Å². The van der Waals surface area contributed by atoms with Gasteiger partial charge in [-0.15, -0.1) is 0 Å². The number of benzene rings is 1. The Kier molecular flexibility index (Phi) is 6.07. The van der Waals surface area contributed by atoms with Gasteiger partial charge in [-0.25, -0.2) is 0 Å². The molecule has 6 nitrogen and oxygen atoms in total. The van der Waals surface area contributed by atoms with Gasteiger partial charge in [0, 0.05) is 39.4 Å². The number of piperidine rings is 1. The van der Waals surface area contributed by atoms with Crippen LogP contribution in [0.3, 0.4) is 0 Å². The first-order valence-corrected chi connectivity index (χ1v) is 10.5. The Morgan fingerprint density at radius 2 is 2.11 bits per heavy atom. The number of likely N-dealkylation sites (tertiary alicyclic amines) is 1. The third kappa shape index (κ3) is 4.62. The molecule has 2 atom stereocenters. The minimum atomic E-state index is 0.0315. The normalized spacial score (nSPS) is 23.0. The summed E-state index contributed by atoms with van der Waals surface area (Å²) in [7, 11) is 1.91. The SMILES string of the molecule is CN(CC1CCN(Cc2ccccc2)C1)C(=O)c1ccn(C2CCCNC2)n1. The first-order chi connectivity index (χ1) is 13.7. The van der Waals surface area contributed by atoms with Crippen molar-refractivity contribution in [2.24, 2.45) is 5.92 Å². The highest BCUT2D eigenvalue weighted by atomic mass is 16.2. The Balaban J connectivity index is 1.28. The van der Waals surface area contributed by atoms with Crippen molar-refractivity contribution in [1.29, 1.82) is 0 Å². The molecule has 0 saturated carbocycles. The molecule has 2 aliphatic rings. The lowest BCUT2D eigenvalue weighted by Gasteiger charge is -2.23. The lowest BCUT2D eigenvalue weighted by molar-refractivity contribution is 0.0766. The molecule has 1 aromatic heterocycles. The maximum atomic E-state index is 12.8. The standard InChI is InChI=1S/C22H31N5O/c1-25(15-19-9-12-26(17-19)16-18-6-3-2-4-7-18)22(28)21-10-13-27(24-21)20-8-5-11-23-14-20/h2-4,6-7,10,13,19-20,23H,5,8-9,11-12,14-17H2,1H3. The molecule has 4 rings (SSSR count). The lowest BCUT2D eigenvalue weighted by atomic mass is 10.1. The molecule has 2 fully saturated rings. The van der Waals surface area contributed by atoms with Gasteiger partial charge in [-0.05, 0) is 49.9 Å². The van der Waals surface area contributed by atoms with E-state index in [4.69, 9.17) is 0 Å². The average molecular weight is 382 g/mol. The van der Waals surface area contributed by atoms with Gasteiger partial charge in [0.15, 0.2) is 0 Å². The van der Waals surface area contributed by atoms with Gasteiger partial charge in [-0.1, -0.05) is 30.3 Å². The predicted molar refractivity (Wildman–Crippen MR) is 110 cm³/mol. The van der Waals surface area contributed by atoms with E-state index in [1.54, 1.807) is 0 Å². The fraction of sp³-hybridized carbons (Fsp3) is 0.545. The molecule has 3 heterocycles. The second-order valence-corrected chi connectivity index (χ2v) is 8.24. The smallest absolute Gasteiger partial charge is 0.274 e. The summed E-state index contributed by atoms with van der Waals surface area (Å²) in [4.78, 5) is 17.2. The summed E-state index contributed by atoms with van der Waals surface area (Å²) in [6, 6.07) is 12.8. The largest absolute Gasteiger partial charge is 0.340 e. The van der Waals surface area contributed by atoms with Crippen LogP contribution in [-0.2, 0) is 6.54 Å². The third-order valence-electron chi connectivity index (χ3n) is 5.97. The first-order valence-electron chi connectivity index (χ1n) is 10.5. The van der Waals surface area contributed by atoms with Crippen molar-refractivity contribution in [2.75, 3.05) is 39.8 Å². The molecule has 28 heavy (non-hydrogen) atoms. The van der Waals surface area contributed by atoms with Crippen LogP contribution in [0.2, 0.25) is 0 Å². The molecule has 0 aliphatic carbocycles. The van der Waals surface area contributed by atoms with Crippen LogP contribution in [0.25, 0.3) is 0 Å². The second-order valence-electron chi connectivity index (χ2n) is 8.24. The van der Waals surface area contributed by atoms with Crippen LogP contribution in [0.5, 0.6) is 0 Å². The zero-order valence-corrected chi connectivity index (χ0v) is 16.8. The van der Waals surface area contributed by atoms with Gasteiger partial charge >= 0.3 is 0 Å². The van der Waals surface area contributed by atoms with E-state index in [9.17, 15) is 4.79 Å². The Morgan fingerprint density at radius 3 is 2.89 bits per heavy atom. The van der Waals surface area contributed by atoms with Crippen LogP contribution >= 0.6 is 0 Å². The predicted octanol–water partition coefficient (Wildman–Crippen LogP) is 2.40. The third-order valence-corrected chi connectivity index (χ3v) is 5.97. The number of aromatic nitrogens is 2. The van der Waals surface area contributed by atoms with Crippen LogP contribution in [-0.4, -0.2) is 65.3 Å². The van der Waals surface area contributed by atoms with E-state index in [1.165, 1.54) is 5.56 Å². The lowest BCUT2D eigenvalue weighted by Crippen LogP contribution is -2.34. The minimum Gasteiger partial charge on any atom is -0.340 e. The highest BCUT2D eigenvalue weighted by Gasteiger charge is 2.26. The summed E-state index contributed by atoms with van der Waals surface area (Å²) in [6.45, 7) is 5.95. The molecule has 0 bridgehead atoms. The van der Waals surface area contributed by atoms with E-state index in [0.29, 0.717) is 17.7 Å². The number of rotatable bonds is 6. The Hall–Kier alpha value is -2.18. The maximum absolute atomic E-state index is 12.8. The summed E-state index contributed by atoms with van der Waals surface area (Å²) >= 11 is 0. The summed E-state index contributed by atoms with van der Waals surface area (Å²) < 4.78 is 1.96. The van der Waals surface area contributed by atoms with Gasteiger partial charge in [-0.2, -0.15) is 5.10 Å². The molecule has 1 amide bonds. The van der Waals surface area contributed by atoms with Gasteiger partial charge < -0.3 is 10.2 Å². The zero-order chi connectivity index (χ0) is 19.3. The van der Waals surface area contributed by atoms with Crippen LogP contribution in [0.4, 0.5) is 0 Å². The first kappa shape index (κ1) is 19.2. The highest BCUT2D eigenvalue weighted by Crippen LogP contribution is 2.20. The van der Waals surface area contributed by atoms with Crippen molar-refractivity contribution in [3.05, 3.63) is 53.9 Å². The summed E-state index contributed by atoms with van der Waals surface area (Å²) in [5.74, 6) is 0.561. The fourth-order valence-electron chi connectivity index (χ4n) is 4.43. The number of amides is 1. The molecule has 1 aromatic carbocycles. The molecule has 2 unspecified atom stereocenters. The van der Waals surface area contributed by atoms with Crippen LogP contribution in [0.15, 0.2) is 42.6 Å². The minimum absolute atomic E-state index is 0.0315. The average Bonchev–Trinajstić information content (AvgIpc) is 3.39. The van der Waals surface area contributed by atoms with E-state index >= 15 is 0 Å². The van der Waals surface area contributed by atoms with Gasteiger partial charge in [0.1, 0.15) is 5.69 Å². The van der Waals surface area contributed by atoms with Crippen LogP contribution in [0.1, 0.15) is 41.4 Å². The zero-order valence-electron chi connectivity index (χ0n) is 16.8. The maximum Gasteiger partial charge on any atom is 0.274 e. The number of hydrogen-bond donors (Lipinski definition) is 1. The van der Waals surface area contributed by atoms with Crippen LogP contribution in [0, 0.1) is 5.92 Å². The quantitative estimate of drug-likeness (QED) is 0.835. The number of nitrogens with zero attached hydrogens (tertiary/aromatic N) is 4. The number of hydrogen-bond acceptors (Lipinski definition) is 4. The number of carbonyl (C=O) groups excluding carboxylic acids is 1.